The van der Waals surface area contributed by atoms with Crippen LogP contribution in [0.25, 0.3) is 0 Å². The molecule has 1 aromatic carbocycles. The molecule has 0 aliphatic heterocycles. The Bertz CT molecular complexity index is 644. The number of aryl methyl sites for hydroxylation is 2. The number of carbonyl (C=O) groups excluding carboxylic acids is 1. The Morgan fingerprint density at radius 3 is 2.82 bits per heavy atom. The lowest BCUT2D eigenvalue weighted by molar-refractivity contribution is 0.0714. The number of carbonyl (C=O) groups is 1. The van der Waals surface area contributed by atoms with E-state index in [0.717, 1.165) is 5.56 Å². The van der Waals surface area contributed by atoms with Crippen molar-refractivity contribution >= 4 is 5.91 Å². The van der Waals surface area contributed by atoms with Gasteiger partial charge in [0.05, 0.1) is 12.1 Å². The van der Waals surface area contributed by atoms with Crippen LogP contribution in [-0.2, 0) is 13.0 Å². The van der Waals surface area contributed by atoms with Crippen LogP contribution >= 0.6 is 0 Å². The van der Waals surface area contributed by atoms with E-state index >= 15 is 0 Å². The third-order valence-electron chi connectivity index (χ3n) is 3.19. The van der Waals surface area contributed by atoms with E-state index in [4.69, 9.17) is 4.52 Å². The van der Waals surface area contributed by atoms with Crippen LogP contribution in [0.15, 0.2) is 28.8 Å². The number of aliphatic hydroxyl groups is 1. The van der Waals surface area contributed by atoms with Gasteiger partial charge in [-0.1, -0.05) is 17.3 Å². The van der Waals surface area contributed by atoms with Crippen LogP contribution in [0.3, 0.4) is 0 Å². The normalized spacial score (nSPS) is 11.5. The number of hydrogen-bond acceptors (Lipinski definition) is 5. The van der Waals surface area contributed by atoms with Crippen LogP contribution in [0.5, 0.6) is 0 Å². The zero-order valence-electron chi connectivity index (χ0n) is 13.1. The van der Waals surface area contributed by atoms with Crippen molar-refractivity contribution in [2.45, 2.75) is 45.8 Å². The van der Waals surface area contributed by atoms with E-state index in [1.807, 2.05) is 18.2 Å². The van der Waals surface area contributed by atoms with Crippen molar-refractivity contribution < 1.29 is 14.4 Å². The molecular formula is C16H21N3O3. The summed E-state index contributed by atoms with van der Waals surface area (Å²) in [5.41, 5.74) is 0.882. The van der Waals surface area contributed by atoms with Crippen LogP contribution in [0.2, 0.25) is 0 Å². The van der Waals surface area contributed by atoms with Gasteiger partial charge in [0.2, 0.25) is 5.89 Å². The summed E-state index contributed by atoms with van der Waals surface area (Å²) in [5, 5.41) is 16.2. The molecule has 2 aromatic rings. The van der Waals surface area contributed by atoms with E-state index in [9.17, 15) is 9.90 Å². The van der Waals surface area contributed by atoms with E-state index < -0.39 is 5.60 Å². The zero-order chi connectivity index (χ0) is 16.2. The monoisotopic (exact) mass is 303 g/mol. The molecule has 0 fully saturated rings. The first kappa shape index (κ1) is 16.2. The molecule has 0 aliphatic carbocycles. The highest BCUT2D eigenvalue weighted by Crippen LogP contribution is 2.14. The molecule has 22 heavy (non-hydrogen) atoms. The lowest BCUT2D eigenvalue weighted by Crippen LogP contribution is -2.23. The Kier molecular flexibility index (Phi) is 4.92. The highest BCUT2D eigenvalue weighted by atomic mass is 16.5. The summed E-state index contributed by atoms with van der Waals surface area (Å²) in [5.74, 6) is 0.731. The summed E-state index contributed by atoms with van der Waals surface area (Å²) in [6, 6.07) is 7.38. The van der Waals surface area contributed by atoms with Gasteiger partial charge in [-0.05, 0) is 44.4 Å². The summed E-state index contributed by atoms with van der Waals surface area (Å²) >= 11 is 0. The predicted octanol–water partition coefficient (Wildman–Crippen LogP) is 2.01. The Morgan fingerprint density at radius 1 is 1.41 bits per heavy atom. The quantitative estimate of drug-likeness (QED) is 0.852. The van der Waals surface area contributed by atoms with Crippen molar-refractivity contribution in [2.24, 2.45) is 0 Å². The molecule has 0 spiro atoms. The molecule has 2 N–H and O–H groups in total. The van der Waals surface area contributed by atoms with Crippen molar-refractivity contribution in [2.75, 3.05) is 0 Å². The van der Waals surface area contributed by atoms with Crippen LogP contribution in [-0.4, -0.2) is 26.8 Å². The fraction of sp³-hybridized carbons (Fsp3) is 0.438. The van der Waals surface area contributed by atoms with Crippen LogP contribution in [0.1, 0.15) is 47.9 Å². The molecule has 0 bridgehead atoms. The average Bonchev–Trinajstić information content (AvgIpc) is 2.88. The number of rotatable bonds is 6. The molecule has 0 atom stereocenters. The lowest BCUT2D eigenvalue weighted by atomic mass is 9.98. The third-order valence-corrected chi connectivity index (χ3v) is 3.19. The maximum atomic E-state index is 12.1. The van der Waals surface area contributed by atoms with Crippen molar-refractivity contribution in [3.8, 4) is 0 Å². The van der Waals surface area contributed by atoms with Crippen LogP contribution < -0.4 is 5.32 Å². The zero-order valence-corrected chi connectivity index (χ0v) is 13.1. The highest BCUT2D eigenvalue weighted by Gasteiger charge is 2.13. The average molecular weight is 303 g/mol. The standard InChI is InChI=1S/C16H21N3O3/c1-11-18-14(19-22-11)10-17-15(20)13-6-4-5-12(9-13)7-8-16(2,3)21/h4-6,9,21H,7-8,10H2,1-3H3,(H,17,20). The minimum Gasteiger partial charge on any atom is -0.390 e. The Hall–Kier alpha value is -2.21. The van der Waals surface area contributed by atoms with Crippen molar-refractivity contribution in [1.82, 2.24) is 15.5 Å². The van der Waals surface area contributed by atoms with Crippen molar-refractivity contribution in [1.29, 1.82) is 0 Å². The van der Waals surface area contributed by atoms with E-state index in [1.54, 1.807) is 26.8 Å². The number of amides is 1. The number of nitrogens with zero attached hydrogens (tertiary/aromatic N) is 2. The number of aromatic nitrogens is 2. The van der Waals surface area contributed by atoms with Gasteiger partial charge in [-0.15, -0.1) is 0 Å². The lowest BCUT2D eigenvalue weighted by Gasteiger charge is -2.16. The van der Waals surface area contributed by atoms with Gasteiger partial charge in [0.1, 0.15) is 0 Å². The molecule has 6 nitrogen and oxygen atoms in total. The third kappa shape index (κ3) is 4.96. The number of benzene rings is 1. The van der Waals surface area contributed by atoms with Crippen LogP contribution in [0, 0.1) is 6.92 Å². The Morgan fingerprint density at radius 2 is 2.18 bits per heavy atom. The predicted molar refractivity (Wildman–Crippen MR) is 81.3 cm³/mol. The summed E-state index contributed by atoms with van der Waals surface area (Å²) < 4.78 is 4.85. The van der Waals surface area contributed by atoms with Crippen molar-refractivity contribution in [3.63, 3.8) is 0 Å². The SMILES string of the molecule is Cc1nc(CNC(=O)c2cccc(CCC(C)(C)O)c2)no1. The summed E-state index contributed by atoms with van der Waals surface area (Å²) in [6.45, 7) is 5.47. The first-order valence-corrected chi connectivity index (χ1v) is 7.22. The second-order valence-corrected chi connectivity index (χ2v) is 5.93. The van der Waals surface area contributed by atoms with Gasteiger partial charge in [0.15, 0.2) is 5.82 Å². The van der Waals surface area contributed by atoms with Gasteiger partial charge in [-0.25, -0.2) is 0 Å². The second kappa shape index (κ2) is 6.70. The molecule has 118 valence electrons. The first-order chi connectivity index (χ1) is 10.3. The molecule has 0 saturated carbocycles. The summed E-state index contributed by atoms with van der Waals surface area (Å²) in [7, 11) is 0. The molecule has 6 heteroatoms. The van der Waals surface area contributed by atoms with Gasteiger partial charge < -0.3 is 14.9 Å². The molecule has 0 radical (unpaired) electrons. The Labute approximate surface area is 129 Å². The summed E-state index contributed by atoms with van der Waals surface area (Å²) in [6.07, 6.45) is 1.36. The minimum atomic E-state index is -0.714. The highest BCUT2D eigenvalue weighted by molar-refractivity contribution is 5.94. The fourth-order valence-corrected chi connectivity index (χ4v) is 1.99. The topological polar surface area (TPSA) is 88.2 Å². The second-order valence-electron chi connectivity index (χ2n) is 5.93. The molecular weight excluding hydrogens is 282 g/mol. The number of nitrogens with one attached hydrogen (secondary N) is 1. The molecule has 1 amide bonds. The van der Waals surface area contributed by atoms with E-state index in [-0.39, 0.29) is 12.5 Å². The molecule has 2 rings (SSSR count). The molecule has 0 saturated heterocycles. The minimum absolute atomic E-state index is 0.187. The maximum absolute atomic E-state index is 12.1. The molecule has 0 aliphatic rings. The molecule has 1 aromatic heterocycles. The van der Waals surface area contributed by atoms with Gasteiger partial charge in [-0.2, -0.15) is 4.98 Å². The smallest absolute Gasteiger partial charge is 0.251 e. The van der Waals surface area contributed by atoms with Crippen LogP contribution in [0.4, 0.5) is 0 Å². The van der Waals surface area contributed by atoms with Gasteiger partial charge in [0, 0.05) is 12.5 Å². The largest absolute Gasteiger partial charge is 0.390 e. The van der Waals surface area contributed by atoms with Crippen molar-refractivity contribution in [3.05, 3.63) is 47.1 Å². The van der Waals surface area contributed by atoms with Gasteiger partial charge in [-0.3, -0.25) is 4.79 Å². The fourth-order valence-electron chi connectivity index (χ4n) is 1.99. The summed E-state index contributed by atoms with van der Waals surface area (Å²) in [4.78, 5) is 16.2. The van der Waals surface area contributed by atoms with Gasteiger partial charge >= 0.3 is 0 Å². The van der Waals surface area contributed by atoms with E-state index in [1.165, 1.54) is 0 Å². The number of hydrogen-bond donors (Lipinski definition) is 2. The molecule has 1 heterocycles. The Balaban J connectivity index is 1.94. The van der Waals surface area contributed by atoms with E-state index in [0.29, 0.717) is 30.1 Å². The molecule has 0 unspecified atom stereocenters. The first-order valence-electron chi connectivity index (χ1n) is 7.22. The maximum Gasteiger partial charge on any atom is 0.251 e. The van der Waals surface area contributed by atoms with Gasteiger partial charge in [0.25, 0.3) is 5.91 Å². The van der Waals surface area contributed by atoms with E-state index in [2.05, 4.69) is 15.5 Å².